The SMILES string of the molecule is CN=C(NCCc1ccco1)N(C)Cc1ccccc1OC. The Morgan fingerprint density at radius 3 is 2.77 bits per heavy atom. The molecule has 1 aromatic carbocycles. The van der Waals surface area contributed by atoms with E-state index in [-0.39, 0.29) is 0 Å². The van der Waals surface area contributed by atoms with Crippen molar-refractivity contribution >= 4 is 5.96 Å². The molecule has 1 aromatic heterocycles. The number of aliphatic imine (C=N–C) groups is 1. The zero-order valence-electron chi connectivity index (χ0n) is 13.4. The minimum Gasteiger partial charge on any atom is -0.496 e. The number of ether oxygens (including phenoxy) is 1. The van der Waals surface area contributed by atoms with Gasteiger partial charge in [0.05, 0.1) is 13.4 Å². The highest BCUT2D eigenvalue weighted by Gasteiger charge is 2.09. The Hall–Kier alpha value is -2.43. The van der Waals surface area contributed by atoms with E-state index in [9.17, 15) is 0 Å². The Labute approximate surface area is 131 Å². The first-order valence-electron chi connectivity index (χ1n) is 7.30. The molecule has 22 heavy (non-hydrogen) atoms. The highest BCUT2D eigenvalue weighted by molar-refractivity contribution is 5.79. The molecule has 0 aliphatic carbocycles. The third-order valence-corrected chi connectivity index (χ3v) is 3.41. The highest BCUT2D eigenvalue weighted by Crippen LogP contribution is 2.18. The van der Waals surface area contributed by atoms with Gasteiger partial charge in [0.15, 0.2) is 5.96 Å². The number of hydrogen-bond acceptors (Lipinski definition) is 3. The van der Waals surface area contributed by atoms with Crippen molar-refractivity contribution in [2.75, 3.05) is 27.7 Å². The van der Waals surface area contributed by atoms with Crippen LogP contribution in [0.2, 0.25) is 0 Å². The lowest BCUT2D eigenvalue weighted by Crippen LogP contribution is -2.39. The molecule has 5 nitrogen and oxygen atoms in total. The molecule has 0 saturated carbocycles. The van der Waals surface area contributed by atoms with Crippen LogP contribution in [0.4, 0.5) is 0 Å². The molecular weight excluding hydrogens is 278 g/mol. The summed E-state index contributed by atoms with van der Waals surface area (Å²) in [6.45, 7) is 1.50. The van der Waals surface area contributed by atoms with E-state index < -0.39 is 0 Å². The highest BCUT2D eigenvalue weighted by atomic mass is 16.5. The van der Waals surface area contributed by atoms with Crippen LogP contribution in [0.1, 0.15) is 11.3 Å². The first kappa shape index (κ1) is 15.9. The van der Waals surface area contributed by atoms with E-state index in [0.29, 0.717) is 0 Å². The van der Waals surface area contributed by atoms with Crippen LogP contribution >= 0.6 is 0 Å². The number of furan rings is 1. The Morgan fingerprint density at radius 1 is 1.27 bits per heavy atom. The van der Waals surface area contributed by atoms with Gasteiger partial charge >= 0.3 is 0 Å². The lowest BCUT2D eigenvalue weighted by atomic mass is 10.2. The second-order valence-corrected chi connectivity index (χ2v) is 4.97. The monoisotopic (exact) mass is 301 g/mol. The van der Waals surface area contributed by atoms with Crippen molar-refractivity contribution in [3.05, 3.63) is 54.0 Å². The summed E-state index contributed by atoms with van der Waals surface area (Å²) in [5.74, 6) is 2.70. The molecule has 0 atom stereocenters. The number of nitrogens with one attached hydrogen (secondary N) is 1. The van der Waals surface area contributed by atoms with E-state index in [2.05, 4.69) is 21.3 Å². The summed E-state index contributed by atoms with van der Waals surface area (Å²) in [6, 6.07) is 11.9. The lowest BCUT2D eigenvalue weighted by molar-refractivity contribution is 0.396. The predicted octanol–water partition coefficient (Wildman–Crippen LogP) is 2.54. The standard InChI is InChI=1S/C17H23N3O2/c1-18-17(19-11-10-15-8-6-12-22-15)20(2)13-14-7-4-5-9-16(14)21-3/h4-9,12H,10-11,13H2,1-3H3,(H,18,19). The Kier molecular flexibility index (Phi) is 5.89. The maximum atomic E-state index is 5.39. The second-order valence-electron chi connectivity index (χ2n) is 4.97. The smallest absolute Gasteiger partial charge is 0.193 e. The molecule has 0 bridgehead atoms. The molecule has 0 saturated heterocycles. The van der Waals surface area contributed by atoms with Gasteiger partial charge in [-0.05, 0) is 18.2 Å². The minimum absolute atomic E-state index is 0.727. The van der Waals surface area contributed by atoms with Gasteiger partial charge in [0.1, 0.15) is 11.5 Å². The Bertz CT molecular complexity index is 594. The molecule has 0 unspecified atom stereocenters. The van der Waals surface area contributed by atoms with Gasteiger partial charge in [-0.25, -0.2) is 0 Å². The zero-order valence-corrected chi connectivity index (χ0v) is 13.4. The maximum Gasteiger partial charge on any atom is 0.193 e. The van der Waals surface area contributed by atoms with Gasteiger partial charge in [0.2, 0.25) is 0 Å². The fraction of sp³-hybridized carbons (Fsp3) is 0.353. The van der Waals surface area contributed by atoms with Gasteiger partial charge in [0, 0.05) is 39.2 Å². The number of para-hydroxylation sites is 1. The summed E-state index contributed by atoms with van der Waals surface area (Å²) in [7, 11) is 5.48. The molecule has 1 heterocycles. The summed E-state index contributed by atoms with van der Waals surface area (Å²) in [4.78, 5) is 6.39. The van der Waals surface area contributed by atoms with Crippen LogP contribution in [0.5, 0.6) is 5.75 Å². The summed E-state index contributed by atoms with van der Waals surface area (Å²) < 4.78 is 10.7. The van der Waals surface area contributed by atoms with E-state index in [1.54, 1.807) is 20.4 Å². The van der Waals surface area contributed by atoms with E-state index in [1.165, 1.54) is 0 Å². The first-order valence-corrected chi connectivity index (χ1v) is 7.30. The van der Waals surface area contributed by atoms with Crippen molar-refractivity contribution in [1.82, 2.24) is 10.2 Å². The van der Waals surface area contributed by atoms with Gasteiger partial charge in [-0.3, -0.25) is 4.99 Å². The number of nitrogens with zero attached hydrogens (tertiary/aromatic N) is 2. The summed E-state index contributed by atoms with van der Waals surface area (Å²) in [6.07, 6.45) is 2.52. The molecule has 0 fully saturated rings. The van der Waals surface area contributed by atoms with Crippen LogP contribution in [-0.4, -0.2) is 38.6 Å². The molecule has 5 heteroatoms. The molecule has 2 rings (SSSR count). The normalized spacial score (nSPS) is 11.3. The van der Waals surface area contributed by atoms with Crippen molar-refractivity contribution in [2.45, 2.75) is 13.0 Å². The molecule has 2 aromatic rings. The maximum absolute atomic E-state index is 5.39. The van der Waals surface area contributed by atoms with Crippen LogP contribution in [0.25, 0.3) is 0 Å². The van der Waals surface area contributed by atoms with Gasteiger partial charge in [-0.1, -0.05) is 18.2 Å². The van der Waals surface area contributed by atoms with Gasteiger partial charge in [0.25, 0.3) is 0 Å². The average molecular weight is 301 g/mol. The first-order chi connectivity index (χ1) is 10.7. The molecule has 118 valence electrons. The lowest BCUT2D eigenvalue weighted by Gasteiger charge is -2.23. The number of guanidine groups is 1. The minimum atomic E-state index is 0.727. The van der Waals surface area contributed by atoms with Crippen molar-refractivity contribution in [3.8, 4) is 5.75 Å². The van der Waals surface area contributed by atoms with E-state index in [0.717, 1.165) is 42.5 Å². The molecule has 0 spiro atoms. The quantitative estimate of drug-likeness (QED) is 0.658. The van der Waals surface area contributed by atoms with Gasteiger partial charge in [-0.15, -0.1) is 0 Å². The molecule has 1 N–H and O–H groups in total. The fourth-order valence-corrected chi connectivity index (χ4v) is 2.30. The van der Waals surface area contributed by atoms with Crippen molar-refractivity contribution in [2.24, 2.45) is 4.99 Å². The van der Waals surface area contributed by atoms with Crippen LogP contribution in [0.3, 0.4) is 0 Å². The molecule has 0 aliphatic rings. The van der Waals surface area contributed by atoms with Crippen LogP contribution < -0.4 is 10.1 Å². The zero-order chi connectivity index (χ0) is 15.8. The van der Waals surface area contributed by atoms with Gasteiger partial charge < -0.3 is 19.4 Å². The topological polar surface area (TPSA) is 50.0 Å². The molecular formula is C17H23N3O2. The third-order valence-electron chi connectivity index (χ3n) is 3.41. The Morgan fingerprint density at radius 2 is 2.09 bits per heavy atom. The van der Waals surface area contributed by atoms with E-state index in [1.807, 2.05) is 37.4 Å². The van der Waals surface area contributed by atoms with Crippen LogP contribution in [0.15, 0.2) is 52.1 Å². The number of hydrogen-bond donors (Lipinski definition) is 1. The number of methoxy groups -OCH3 is 1. The summed E-state index contributed by atoms with van der Waals surface area (Å²) in [5, 5.41) is 3.34. The Balaban J connectivity index is 1.90. The number of benzene rings is 1. The predicted molar refractivity (Wildman–Crippen MR) is 88.2 cm³/mol. The molecule has 0 aliphatic heterocycles. The van der Waals surface area contributed by atoms with Crippen LogP contribution in [0, 0.1) is 0 Å². The van der Waals surface area contributed by atoms with Gasteiger partial charge in [-0.2, -0.15) is 0 Å². The van der Waals surface area contributed by atoms with Crippen LogP contribution in [-0.2, 0) is 13.0 Å². The summed E-state index contributed by atoms with van der Waals surface area (Å²) >= 11 is 0. The third kappa shape index (κ3) is 4.28. The summed E-state index contributed by atoms with van der Waals surface area (Å²) in [5.41, 5.74) is 1.13. The average Bonchev–Trinajstić information content (AvgIpc) is 3.05. The second kappa shape index (κ2) is 8.12. The van der Waals surface area contributed by atoms with Crippen molar-refractivity contribution in [3.63, 3.8) is 0 Å². The fourth-order valence-electron chi connectivity index (χ4n) is 2.30. The van der Waals surface area contributed by atoms with E-state index in [4.69, 9.17) is 9.15 Å². The van der Waals surface area contributed by atoms with Crippen molar-refractivity contribution in [1.29, 1.82) is 0 Å². The largest absolute Gasteiger partial charge is 0.496 e. The van der Waals surface area contributed by atoms with Crippen molar-refractivity contribution < 1.29 is 9.15 Å². The molecule has 0 radical (unpaired) electrons. The molecule has 0 amide bonds. The van der Waals surface area contributed by atoms with E-state index >= 15 is 0 Å². The number of rotatable bonds is 6.